The minimum absolute atomic E-state index is 0.0599. The number of nitrogens with one attached hydrogen (secondary N) is 1. The number of hydrogen-bond acceptors (Lipinski definition) is 7. The summed E-state index contributed by atoms with van der Waals surface area (Å²) in [4.78, 5) is 12.9. The van der Waals surface area contributed by atoms with Gasteiger partial charge in [0.2, 0.25) is 4.96 Å². The van der Waals surface area contributed by atoms with Crippen molar-refractivity contribution in [3.8, 4) is 0 Å². The van der Waals surface area contributed by atoms with Gasteiger partial charge in [0.1, 0.15) is 5.60 Å². The molecule has 1 amide bonds. The highest BCUT2D eigenvalue weighted by Crippen LogP contribution is 2.34. The largest absolute Gasteiger partial charge is 0.444 e. The van der Waals surface area contributed by atoms with E-state index in [1.165, 1.54) is 23.1 Å². The van der Waals surface area contributed by atoms with E-state index in [0.29, 0.717) is 26.6 Å². The van der Waals surface area contributed by atoms with Crippen molar-refractivity contribution in [2.24, 2.45) is 5.92 Å². The molecule has 1 aromatic carbocycles. The molecule has 30 heavy (non-hydrogen) atoms. The molecule has 0 aliphatic rings. The molecule has 2 aromatic heterocycles. The maximum atomic E-state index is 12.3. The fraction of sp³-hybridized carbons (Fsp3) is 0.474. The Kier molecular flexibility index (Phi) is 7.16. The number of carbonyl (C=O) groups excluding carboxylic acids is 1. The quantitative estimate of drug-likeness (QED) is 0.428. The normalized spacial score (nSPS) is 13.1. The number of hydrogen-bond donors (Lipinski definition) is 1. The Morgan fingerprint density at radius 1 is 1.27 bits per heavy atom. The highest BCUT2D eigenvalue weighted by atomic mass is 35.5. The van der Waals surface area contributed by atoms with Gasteiger partial charge >= 0.3 is 6.09 Å². The highest BCUT2D eigenvalue weighted by molar-refractivity contribution is 8.00. The molecule has 3 rings (SSSR count). The maximum absolute atomic E-state index is 12.3. The minimum Gasteiger partial charge on any atom is -0.444 e. The van der Waals surface area contributed by atoms with Crippen LogP contribution in [0.25, 0.3) is 4.96 Å². The van der Waals surface area contributed by atoms with Crippen LogP contribution in [0, 0.1) is 5.92 Å². The predicted molar refractivity (Wildman–Crippen MR) is 122 cm³/mol. The van der Waals surface area contributed by atoms with Crippen molar-refractivity contribution in [1.82, 2.24) is 25.1 Å². The van der Waals surface area contributed by atoms with Gasteiger partial charge < -0.3 is 10.1 Å². The molecular weight excluding hydrogens is 465 g/mol. The van der Waals surface area contributed by atoms with Crippen molar-refractivity contribution >= 4 is 57.4 Å². The van der Waals surface area contributed by atoms with Crippen molar-refractivity contribution in [3.05, 3.63) is 39.6 Å². The van der Waals surface area contributed by atoms with E-state index in [9.17, 15) is 4.79 Å². The number of alkyl carbamates (subject to hydrolysis) is 1. The number of ether oxygens (including phenoxy) is 1. The van der Waals surface area contributed by atoms with Gasteiger partial charge in [-0.3, -0.25) is 0 Å². The lowest BCUT2D eigenvalue weighted by Gasteiger charge is -2.24. The monoisotopic (exact) mass is 487 g/mol. The number of rotatable bonds is 6. The standard InChI is InChI=1S/C19H23Cl2N5O2S2/c1-10(2)14(22-17(27)28-19(3,4)5)15-23-24-16-26(15)25-18(30-16)29-9-11-12(20)7-6-8-13(11)21/h6-8,10,14H,9H2,1-5H3,(H,22,27). The number of thioether (sulfide) groups is 1. The Bertz CT molecular complexity index is 1030. The molecule has 0 saturated carbocycles. The molecule has 0 bridgehead atoms. The van der Waals surface area contributed by atoms with Crippen LogP contribution in [-0.4, -0.2) is 31.5 Å². The van der Waals surface area contributed by atoms with Crippen molar-refractivity contribution in [1.29, 1.82) is 0 Å². The Hall–Kier alpha value is -1.55. The molecule has 2 heterocycles. The number of halogens is 2. The third-order valence-corrected chi connectivity index (χ3v) is 6.78. The number of benzene rings is 1. The molecule has 0 saturated heterocycles. The van der Waals surface area contributed by atoms with Crippen LogP contribution in [-0.2, 0) is 10.5 Å². The Morgan fingerprint density at radius 3 is 2.53 bits per heavy atom. The second-order valence-corrected chi connectivity index (χ2v) is 11.0. The third kappa shape index (κ3) is 5.57. The zero-order valence-corrected chi connectivity index (χ0v) is 20.4. The topological polar surface area (TPSA) is 81.4 Å². The highest BCUT2D eigenvalue weighted by Gasteiger charge is 2.28. The van der Waals surface area contributed by atoms with E-state index in [-0.39, 0.29) is 5.92 Å². The first-order valence-electron chi connectivity index (χ1n) is 9.32. The van der Waals surface area contributed by atoms with Crippen LogP contribution in [0.15, 0.2) is 22.5 Å². The van der Waals surface area contributed by atoms with E-state index < -0.39 is 17.7 Å². The minimum atomic E-state index is -0.587. The van der Waals surface area contributed by atoms with E-state index in [1.807, 2.05) is 52.8 Å². The molecule has 3 aromatic rings. The first-order chi connectivity index (χ1) is 14.0. The van der Waals surface area contributed by atoms with Crippen LogP contribution >= 0.6 is 46.3 Å². The maximum Gasteiger partial charge on any atom is 0.408 e. The first kappa shape index (κ1) is 23.1. The lowest BCUT2D eigenvalue weighted by molar-refractivity contribution is 0.0486. The van der Waals surface area contributed by atoms with E-state index in [1.54, 1.807) is 4.52 Å². The molecule has 0 aliphatic carbocycles. The molecule has 11 heteroatoms. The molecule has 0 spiro atoms. The van der Waals surface area contributed by atoms with Crippen LogP contribution < -0.4 is 5.32 Å². The molecule has 7 nitrogen and oxygen atoms in total. The van der Waals surface area contributed by atoms with Crippen LogP contribution in [0.3, 0.4) is 0 Å². The van der Waals surface area contributed by atoms with Crippen molar-refractivity contribution in [2.75, 3.05) is 0 Å². The average molecular weight is 488 g/mol. The lowest BCUT2D eigenvalue weighted by Crippen LogP contribution is -2.37. The third-order valence-electron chi connectivity index (χ3n) is 4.02. The number of carbonyl (C=O) groups is 1. The summed E-state index contributed by atoms with van der Waals surface area (Å²) in [6.07, 6.45) is -0.504. The smallest absolute Gasteiger partial charge is 0.408 e. The van der Waals surface area contributed by atoms with Crippen LogP contribution in [0.1, 0.15) is 52.0 Å². The van der Waals surface area contributed by atoms with Gasteiger partial charge in [-0.25, -0.2) is 4.79 Å². The Balaban J connectivity index is 1.79. The van der Waals surface area contributed by atoms with Gasteiger partial charge in [0.25, 0.3) is 0 Å². The van der Waals surface area contributed by atoms with Crippen LogP contribution in [0.2, 0.25) is 10.0 Å². The molecule has 0 aliphatic heterocycles. The summed E-state index contributed by atoms with van der Waals surface area (Å²) < 4.78 is 7.86. The van der Waals surface area contributed by atoms with Crippen molar-refractivity contribution < 1.29 is 9.53 Å². The molecule has 162 valence electrons. The second-order valence-electron chi connectivity index (χ2n) is 7.98. The van der Waals surface area contributed by atoms with E-state index in [2.05, 4.69) is 20.6 Å². The van der Waals surface area contributed by atoms with Crippen molar-refractivity contribution in [3.63, 3.8) is 0 Å². The van der Waals surface area contributed by atoms with Crippen LogP contribution in [0.5, 0.6) is 0 Å². The van der Waals surface area contributed by atoms with E-state index in [4.69, 9.17) is 27.9 Å². The number of nitrogens with zero attached hydrogens (tertiary/aromatic N) is 4. The summed E-state index contributed by atoms with van der Waals surface area (Å²) in [5, 5.41) is 17.2. The fourth-order valence-corrected chi connectivity index (χ4v) is 5.26. The second kappa shape index (κ2) is 9.30. The molecule has 0 radical (unpaired) electrons. The SMILES string of the molecule is CC(C)C(NC(=O)OC(C)(C)C)c1nnc2sc(SCc3c(Cl)cccc3Cl)nn12. The van der Waals surface area contributed by atoms with Gasteiger partial charge in [-0.1, -0.05) is 66.2 Å². The van der Waals surface area contributed by atoms with E-state index in [0.717, 1.165) is 9.90 Å². The lowest BCUT2D eigenvalue weighted by atomic mass is 10.0. The predicted octanol–water partition coefficient (Wildman–Crippen LogP) is 6.01. The fourth-order valence-electron chi connectivity index (χ4n) is 2.63. The van der Waals surface area contributed by atoms with Gasteiger partial charge in [-0.05, 0) is 44.4 Å². The van der Waals surface area contributed by atoms with Crippen LogP contribution in [0.4, 0.5) is 4.79 Å². The van der Waals surface area contributed by atoms with E-state index >= 15 is 0 Å². The van der Waals surface area contributed by atoms with Gasteiger partial charge in [0.15, 0.2) is 10.2 Å². The van der Waals surface area contributed by atoms with Gasteiger partial charge in [0.05, 0.1) is 6.04 Å². The number of fused-ring (bicyclic) bond motifs is 1. The number of amides is 1. The number of aromatic nitrogens is 4. The summed E-state index contributed by atoms with van der Waals surface area (Å²) in [5.74, 6) is 1.20. The zero-order valence-electron chi connectivity index (χ0n) is 17.3. The molecule has 1 atom stereocenters. The van der Waals surface area contributed by atoms with Gasteiger partial charge in [0, 0.05) is 15.8 Å². The zero-order chi connectivity index (χ0) is 22.1. The molecule has 1 unspecified atom stereocenters. The summed E-state index contributed by atoms with van der Waals surface area (Å²) in [5.41, 5.74) is 0.277. The molecule has 0 fully saturated rings. The summed E-state index contributed by atoms with van der Waals surface area (Å²) in [6, 6.07) is 5.05. The first-order valence-corrected chi connectivity index (χ1v) is 11.9. The van der Waals surface area contributed by atoms with Gasteiger partial charge in [-0.2, -0.15) is 4.52 Å². The van der Waals surface area contributed by atoms with Crippen molar-refractivity contribution in [2.45, 2.75) is 56.4 Å². The average Bonchev–Trinajstić information content (AvgIpc) is 3.18. The summed E-state index contributed by atoms with van der Waals surface area (Å²) >= 11 is 15.4. The Labute approximate surface area is 193 Å². The van der Waals surface area contributed by atoms with Gasteiger partial charge in [-0.15, -0.1) is 15.3 Å². The Morgan fingerprint density at radius 2 is 1.93 bits per heavy atom. The summed E-state index contributed by atoms with van der Waals surface area (Å²) in [6.45, 7) is 9.44. The molecule has 1 N–H and O–H groups in total. The molecular formula is C19H23Cl2N5O2S2. The summed E-state index contributed by atoms with van der Waals surface area (Å²) in [7, 11) is 0.